The first kappa shape index (κ1) is 13.4. The Balaban J connectivity index is 1.92. The third kappa shape index (κ3) is 2.08. The van der Waals surface area contributed by atoms with E-state index in [1.807, 2.05) is 46.9 Å². The zero-order valence-electron chi connectivity index (χ0n) is 11.5. The van der Waals surface area contributed by atoms with Crippen LogP contribution in [0.15, 0.2) is 60.0 Å². The second-order valence-corrected chi connectivity index (χ2v) is 6.23. The van der Waals surface area contributed by atoms with Crippen molar-refractivity contribution >= 4 is 33.7 Å². The number of thiazole rings is 1. The van der Waals surface area contributed by atoms with Gasteiger partial charge in [-0.15, -0.1) is 11.3 Å². The fourth-order valence-corrected chi connectivity index (χ4v) is 3.54. The predicted octanol–water partition coefficient (Wildman–Crippen LogP) is 4.97. The van der Waals surface area contributed by atoms with Crippen molar-refractivity contribution in [2.45, 2.75) is 0 Å². The zero-order valence-corrected chi connectivity index (χ0v) is 13.1. The van der Waals surface area contributed by atoms with Gasteiger partial charge in [0.25, 0.3) is 0 Å². The maximum absolute atomic E-state index is 6.37. The summed E-state index contributed by atoms with van der Waals surface area (Å²) in [5, 5.41) is 2.79. The van der Waals surface area contributed by atoms with Crippen LogP contribution in [0, 0.1) is 0 Å². The lowest BCUT2D eigenvalue weighted by molar-refractivity contribution is 1.24. The summed E-state index contributed by atoms with van der Waals surface area (Å²) in [5.74, 6) is 0.650. The van der Waals surface area contributed by atoms with Crippen LogP contribution in [0.4, 0.5) is 5.82 Å². The van der Waals surface area contributed by atoms with Crippen LogP contribution in [-0.4, -0.2) is 9.38 Å². The first-order valence-electron chi connectivity index (χ1n) is 6.81. The molecule has 5 heteroatoms. The summed E-state index contributed by atoms with van der Waals surface area (Å²) in [6.45, 7) is 0. The number of nitrogens with two attached hydrogens (primary N) is 1. The Kier molecular flexibility index (Phi) is 3.13. The first-order valence-corrected chi connectivity index (χ1v) is 8.06. The number of fused-ring (bicyclic) bond motifs is 1. The maximum Gasteiger partial charge on any atom is 0.196 e. The van der Waals surface area contributed by atoms with E-state index < -0.39 is 0 Å². The van der Waals surface area contributed by atoms with Crippen molar-refractivity contribution in [2.24, 2.45) is 0 Å². The SMILES string of the molecule is Nc1c(-c2ccc(Cl)cc2)nc2scc(-c3ccccc3)n12. The van der Waals surface area contributed by atoms with Gasteiger partial charge in [0, 0.05) is 16.0 Å². The van der Waals surface area contributed by atoms with Crippen molar-refractivity contribution in [1.82, 2.24) is 9.38 Å². The van der Waals surface area contributed by atoms with Gasteiger partial charge in [0.1, 0.15) is 11.5 Å². The van der Waals surface area contributed by atoms with Gasteiger partial charge in [-0.05, 0) is 17.7 Å². The lowest BCUT2D eigenvalue weighted by Crippen LogP contribution is -1.95. The van der Waals surface area contributed by atoms with Gasteiger partial charge in [0.15, 0.2) is 4.96 Å². The summed E-state index contributed by atoms with van der Waals surface area (Å²) in [7, 11) is 0. The molecule has 0 bridgehead atoms. The Bertz CT molecular complexity index is 939. The molecule has 0 saturated carbocycles. The molecule has 0 saturated heterocycles. The van der Waals surface area contributed by atoms with Gasteiger partial charge in [-0.3, -0.25) is 4.40 Å². The van der Waals surface area contributed by atoms with Crippen LogP contribution in [0.5, 0.6) is 0 Å². The molecule has 0 radical (unpaired) electrons. The highest BCUT2D eigenvalue weighted by molar-refractivity contribution is 7.15. The largest absolute Gasteiger partial charge is 0.383 e. The normalized spacial score (nSPS) is 11.1. The second-order valence-electron chi connectivity index (χ2n) is 4.96. The van der Waals surface area contributed by atoms with Gasteiger partial charge in [0.05, 0.1) is 5.69 Å². The third-order valence-corrected chi connectivity index (χ3v) is 4.66. The molecule has 2 N–H and O–H groups in total. The number of aromatic nitrogens is 2. The van der Waals surface area contributed by atoms with E-state index in [9.17, 15) is 0 Å². The Morgan fingerprint density at radius 1 is 0.955 bits per heavy atom. The average molecular weight is 326 g/mol. The van der Waals surface area contributed by atoms with Gasteiger partial charge >= 0.3 is 0 Å². The number of anilines is 1. The van der Waals surface area contributed by atoms with Crippen LogP contribution >= 0.6 is 22.9 Å². The molecule has 0 atom stereocenters. The smallest absolute Gasteiger partial charge is 0.196 e. The van der Waals surface area contributed by atoms with E-state index in [1.54, 1.807) is 11.3 Å². The molecule has 4 rings (SSSR count). The first-order chi connectivity index (χ1) is 10.7. The monoisotopic (exact) mass is 325 g/mol. The number of imidazole rings is 1. The maximum atomic E-state index is 6.37. The quantitative estimate of drug-likeness (QED) is 0.565. The number of nitrogens with zero attached hydrogens (tertiary/aromatic N) is 2. The number of nitrogen functional groups attached to an aromatic ring is 1. The lowest BCUT2D eigenvalue weighted by Gasteiger charge is -2.03. The molecule has 0 unspecified atom stereocenters. The van der Waals surface area contributed by atoms with Gasteiger partial charge in [0.2, 0.25) is 0 Å². The van der Waals surface area contributed by atoms with E-state index in [-0.39, 0.29) is 0 Å². The number of benzene rings is 2. The van der Waals surface area contributed by atoms with Crippen molar-refractivity contribution in [3.8, 4) is 22.5 Å². The van der Waals surface area contributed by atoms with E-state index in [0.717, 1.165) is 27.5 Å². The summed E-state index contributed by atoms with van der Waals surface area (Å²) in [5.41, 5.74) is 10.3. The van der Waals surface area contributed by atoms with E-state index in [2.05, 4.69) is 22.5 Å². The molecule has 0 amide bonds. The van der Waals surface area contributed by atoms with E-state index in [4.69, 9.17) is 17.3 Å². The summed E-state index contributed by atoms with van der Waals surface area (Å²) in [6.07, 6.45) is 0. The summed E-state index contributed by atoms with van der Waals surface area (Å²) < 4.78 is 2.00. The Hall–Kier alpha value is -2.30. The van der Waals surface area contributed by atoms with Crippen molar-refractivity contribution in [2.75, 3.05) is 5.73 Å². The van der Waals surface area contributed by atoms with Crippen molar-refractivity contribution in [1.29, 1.82) is 0 Å². The number of hydrogen-bond acceptors (Lipinski definition) is 3. The zero-order chi connectivity index (χ0) is 15.1. The Labute approximate surface area is 136 Å². The molecular formula is C17H12ClN3S. The standard InChI is InChI=1S/C17H12ClN3S/c18-13-8-6-12(7-9-13)15-16(19)21-14(10-22-17(21)20-15)11-4-2-1-3-5-11/h1-10H,19H2. The van der Waals surface area contributed by atoms with Crippen molar-refractivity contribution in [3.63, 3.8) is 0 Å². The molecule has 4 aromatic rings. The fourth-order valence-electron chi connectivity index (χ4n) is 2.51. The highest BCUT2D eigenvalue weighted by atomic mass is 35.5. The molecule has 22 heavy (non-hydrogen) atoms. The molecule has 108 valence electrons. The molecule has 0 fully saturated rings. The molecule has 2 heterocycles. The van der Waals surface area contributed by atoms with E-state index in [1.165, 1.54) is 0 Å². The molecule has 2 aromatic heterocycles. The average Bonchev–Trinajstić information content (AvgIpc) is 3.10. The van der Waals surface area contributed by atoms with Crippen LogP contribution in [0.3, 0.4) is 0 Å². The number of halogens is 1. The molecule has 0 aliphatic carbocycles. The predicted molar refractivity (Wildman–Crippen MR) is 93.4 cm³/mol. The van der Waals surface area contributed by atoms with Crippen LogP contribution in [0.2, 0.25) is 5.02 Å². The van der Waals surface area contributed by atoms with Crippen molar-refractivity contribution < 1.29 is 0 Å². The second kappa shape index (κ2) is 5.16. The molecule has 0 spiro atoms. The van der Waals surface area contributed by atoms with E-state index >= 15 is 0 Å². The number of hydrogen-bond donors (Lipinski definition) is 1. The molecule has 0 aliphatic rings. The van der Waals surface area contributed by atoms with Gasteiger partial charge in [-0.2, -0.15) is 0 Å². The highest BCUT2D eigenvalue weighted by Gasteiger charge is 2.16. The van der Waals surface area contributed by atoms with Crippen LogP contribution < -0.4 is 5.73 Å². The van der Waals surface area contributed by atoms with Crippen LogP contribution in [0.25, 0.3) is 27.5 Å². The Morgan fingerprint density at radius 2 is 1.68 bits per heavy atom. The highest BCUT2D eigenvalue weighted by Crippen LogP contribution is 2.34. The van der Waals surface area contributed by atoms with Crippen molar-refractivity contribution in [3.05, 3.63) is 65.0 Å². The van der Waals surface area contributed by atoms with Gasteiger partial charge in [-0.25, -0.2) is 4.98 Å². The molecule has 2 aromatic carbocycles. The minimum Gasteiger partial charge on any atom is -0.383 e. The molecular weight excluding hydrogens is 314 g/mol. The summed E-state index contributed by atoms with van der Waals surface area (Å²) in [4.78, 5) is 5.56. The lowest BCUT2D eigenvalue weighted by atomic mass is 10.1. The third-order valence-electron chi connectivity index (χ3n) is 3.59. The molecule has 0 aliphatic heterocycles. The van der Waals surface area contributed by atoms with Gasteiger partial charge < -0.3 is 5.73 Å². The van der Waals surface area contributed by atoms with Crippen LogP contribution in [-0.2, 0) is 0 Å². The van der Waals surface area contributed by atoms with E-state index in [0.29, 0.717) is 10.8 Å². The van der Waals surface area contributed by atoms with Gasteiger partial charge in [-0.1, -0.05) is 54.1 Å². The Morgan fingerprint density at radius 3 is 2.41 bits per heavy atom. The summed E-state index contributed by atoms with van der Waals surface area (Å²) >= 11 is 7.53. The van der Waals surface area contributed by atoms with Crippen LogP contribution in [0.1, 0.15) is 0 Å². The number of rotatable bonds is 2. The summed E-state index contributed by atoms with van der Waals surface area (Å²) in [6, 6.07) is 17.8. The molecule has 3 nitrogen and oxygen atoms in total. The minimum atomic E-state index is 0.650. The fraction of sp³-hybridized carbons (Fsp3) is 0. The topological polar surface area (TPSA) is 43.3 Å². The minimum absolute atomic E-state index is 0.650.